The zero-order chi connectivity index (χ0) is 16.8. The van der Waals surface area contributed by atoms with Gasteiger partial charge in [0, 0.05) is 33.2 Å². The van der Waals surface area contributed by atoms with Gasteiger partial charge in [-0.25, -0.2) is 0 Å². The van der Waals surface area contributed by atoms with Crippen molar-refractivity contribution in [3.05, 3.63) is 35.4 Å². The van der Waals surface area contributed by atoms with E-state index in [1.54, 1.807) is 0 Å². The van der Waals surface area contributed by atoms with Gasteiger partial charge in [0.05, 0.1) is 0 Å². The van der Waals surface area contributed by atoms with E-state index in [1.807, 2.05) is 7.05 Å². The molecule has 0 bridgehead atoms. The van der Waals surface area contributed by atoms with Gasteiger partial charge in [-0.2, -0.15) is 0 Å². The number of guanidine groups is 1. The predicted octanol–water partition coefficient (Wildman–Crippen LogP) is 2.60. The van der Waals surface area contributed by atoms with E-state index >= 15 is 0 Å². The van der Waals surface area contributed by atoms with Gasteiger partial charge in [-0.1, -0.05) is 31.2 Å². The highest BCUT2D eigenvalue weighted by Crippen LogP contribution is 2.34. The molecule has 0 saturated heterocycles. The molecule has 0 radical (unpaired) electrons. The van der Waals surface area contributed by atoms with E-state index in [0.717, 1.165) is 31.4 Å². The van der Waals surface area contributed by atoms with Gasteiger partial charge in [0.25, 0.3) is 0 Å². The number of rotatable bonds is 7. The minimum Gasteiger partial charge on any atom is -0.355 e. The molecule has 1 unspecified atom stereocenters. The van der Waals surface area contributed by atoms with Crippen molar-refractivity contribution in [2.24, 2.45) is 10.9 Å². The fraction of sp³-hybridized carbons (Fsp3) is 0.632. The highest BCUT2D eigenvalue weighted by Gasteiger charge is 2.32. The number of likely N-dealkylation sites (N-methyl/N-ethyl adjacent to an activating group) is 1. The average molecular weight is 316 g/mol. The van der Waals surface area contributed by atoms with Crippen molar-refractivity contribution in [2.75, 3.05) is 34.7 Å². The lowest BCUT2D eigenvalue weighted by Gasteiger charge is -2.28. The normalized spacial score (nSPS) is 16.5. The molecule has 1 saturated carbocycles. The van der Waals surface area contributed by atoms with Crippen molar-refractivity contribution in [3.8, 4) is 0 Å². The van der Waals surface area contributed by atoms with Crippen LogP contribution in [0, 0.1) is 5.92 Å². The van der Waals surface area contributed by atoms with E-state index in [1.165, 1.54) is 24.0 Å². The fourth-order valence-corrected chi connectivity index (χ4v) is 3.06. The molecule has 128 valence electrons. The Bertz CT molecular complexity index is 501. The molecule has 0 aliphatic heterocycles. The van der Waals surface area contributed by atoms with Crippen LogP contribution in [0.15, 0.2) is 29.3 Å². The predicted molar refractivity (Wildman–Crippen MR) is 98.8 cm³/mol. The van der Waals surface area contributed by atoms with Crippen LogP contribution in [0.4, 0.5) is 0 Å². The summed E-state index contributed by atoms with van der Waals surface area (Å²) in [6, 6.07) is 9.47. The quantitative estimate of drug-likeness (QED) is 0.620. The Labute approximate surface area is 141 Å². The largest absolute Gasteiger partial charge is 0.355 e. The molecule has 1 aliphatic rings. The third-order valence-electron chi connectivity index (χ3n) is 4.72. The summed E-state index contributed by atoms with van der Waals surface area (Å²) in [5.41, 5.74) is 2.70. The first-order valence-corrected chi connectivity index (χ1v) is 8.71. The molecule has 0 heterocycles. The molecule has 1 aliphatic carbocycles. The molecule has 1 N–H and O–H groups in total. The zero-order valence-electron chi connectivity index (χ0n) is 15.3. The first-order valence-electron chi connectivity index (χ1n) is 8.71. The second-order valence-electron chi connectivity index (χ2n) is 6.82. The van der Waals surface area contributed by atoms with Crippen LogP contribution in [0.5, 0.6) is 0 Å². The Kier molecular flexibility index (Phi) is 6.46. The third-order valence-corrected chi connectivity index (χ3v) is 4.72. The Hall–Kier alpha value is -1.55. The first-order chi connectivity index (χ1) is 11.0. The van der Waals surface area contributed by atoms with Crippen LogP contribution in [0.1, 0.15) is 30.9 Å². The van der Waals surface area contributed by atoms with Gasteiger partial charge in [0.15, 0.2) is 5.96 Å². The Morgan fingerprint density at radius 2 is 1.78 bits per heavy atom. The molecule has 2 rings (SSSR count). The van der Waals surface area contributed by atoms with E-state index < -0.39 is 0 Å². The Balaban J connectivity index is 1.88. The van der Waals surface area contributed by atoms with E-state index in [-0.39, 0.29) is 0 Å². The topological polar surface area (TPSA) is 30.9 Å². The maximum absolute atomic E-state index is 4.44. The number of hydrogen-bond donors (Lipinski definition) is 1. The minimum absolute atomic E-state index is 0.601. The molecule has 1 fully saturated rings. The molecule has 4 nitrogen and oxygen atoms in total. The molecular formula is C19H32N4. The monoisotopic (exact) mass is 316 g/mol. The summed E-state index contributed by atoms with van der Waals surface area (Å²) in [5, 5.41) is 3.55. The highest BCUT2D eigenvalue weighted by atomic mass is 15.3. The number of aliphatic imine (C=N–C) groups is 1. The highest BCUT2D eigenvalue weighted by molar-refractivity contribution is 5.79. The third kappa shape index (κ3) is 5.24. The molecular weight excluding hydrogens is 284 g/mol. The van der Waals surface area contributed by atoms with Crippen molar-refractivity contribution < 1.29 is 0 Å². The Morgan fingerprint density at radius 1 is 1.17 bits per heavy atom. The smallest absolute Gasteiger partial charge is 0.193 e. The van der Waals surface area contributed by atoms with Crippen LogP contribution in [0.3, 0.4) is 0 Å². The van der Waals surface area contributed by atoms with Crippen LogP contribution in [-0.2, 0) is 13.0 Å². The summed E-state index contributed by atoms with van der Waals surface area (Å²) in [7, 11) is 8.31. The van der Waals surface area contributed by atoms with Gasteiger partial charge >= 0.3 is 0 Å². The van der Waals surface area contributed by atoms with Crippen molar-refractivity contribution >= 4 is 5.96 Å². The van der Waals surface area contributed by atoms with Crippen LogP contribution in [0.25, 0.3) is 0 Å². The number of aryl methyl sites for hydroxylation is 1. The maximum Gasteiger partial charge on any atom is 0.193 e. The van der Waals surface area contributed by atoms with E-state index in [2.05, 4.69) is 72.4 Å². The minimum atomic E-state index is 0.601. The van der Waals surface area contributed by atoms with Gasteiger partial charge in [0.1, 0.15) is 0 Å². The lowest BCUT2D eigenvalue weighted by Crippen LogP contribution is -2.46. The van der Waals surface area contributed by atoms with Crippen molar-refractivity contribution in [1.82, 2.24) is 15.1 Å². The summed E-state index contributed by atoms with van der Waals surface area (Å²) in [6.45, 7) is 4.02. The molecule has 0 aromatic heterocycles. The van der Waals surface area contributed by atoms with Gasteiger partial charge in [-0.3, -0.25) is 4.99 Å². The SMILES string of the molecule is CCc1ccc(CN(C)C(=NC)NCC(C2CC2)N(C)C)cc1. The molecule has 1 aromatic carbocycles. The summed E-state index contributed by atoms with van der Waals surface area (Å²) in [5.74, 6) is 1.82. The number of hydrogen-bond acceptors (Lipinski definition) is 2. The van der Waals surface area contributed by atoms with Crippen molar-refractivity contribution in [2.45, 2.75) is 38.8 Å². The molecule has 4 heteroatoms. The standard InChI is InChI=1S/C19H32N4/c1-6-15-7-9-16(10-8-15)14-23(5)19(20-2)21-13-18(22(3)4)17-11-12-17/h7-10,17-18H,6,11-14H2,1-5H3,(H,20,21). The van der Waals surface area contributed by atoms with Crippen molar-refractivity contribution in [3.63, 3.8) is 0 Å². The second kappa shape index (κ2) is 8.34. The van der Waals surface area contributed by atoms with Crippen LogP contribution in [-0.4, -0.2) is 56.5 Å². The van der Waals surface area contributed by atoms with Crippen LogP contribution >= 0.6 is 0 Å². The first kappa shape index (κ1) is 17.8. The number of benzene rings is 1. The lowest BCUT2D eigenvalue weighted by molar-refractivity contribution is 0.262. The fourth-order valence-electron chi connectivity index (χ4n) is 3.06. The molecule has 0 amide bonds. The number of nitrogens with zero attached hydrogens (tertiary/aromatic N) is 3. The lowest BCUT2D eigenvalue weighted by atomic mass is 10.1. The molecule has 1 atom stereocenters. The van der Waals surface area contributed by atoms with Crippen LogP contribution < -0.4 is 5.32 Å². The summed E-state index contributed by atoms with van der Waals surface area (Å²) < 4.78 is 0. The summed E-state index contributed by atoms with van der Waals surface area (Å²) in [4.78, 5) is 8.97. The Morgan fingerprint density at radius 3 is 2.26 bits per heavy atom. The van der Waals surface area contributed by atoms with Crippen molar-refractivity contribution in [1.29, 1.82) is 0 Å². The van der Waals surface area contributed by atoms with E-state index in [0.29, 0.717) is 6.04 Å². The van der Waals surface area contributed by atoms with Gasteiger partial charge in [-0.15, -0.1) is 0 Å². The van der Waals surface area contributed by atoms with Crippen LogP contribution in [0.2, 0.25) is 0 Å². The van der Waals surface area contributed by atoms with E-state index in [9.17, 15) is 0 Å². The van der Waals surface area contributed by atoms with Gasteiger partial charge < -0.3 is 15.1 Å². The van der Waals surface area contributed by atoms with E-state index in [4.69, 9.17) is 0 Å². The average Bonchev–Trinajstić information content (AvgIpc) is 3.36. The summed E-state index contributed by atoms with van der Waals surface area (Å²) >= 11 is 0. The molecule has 23 heavy (non-hydrogen) atoms. The second-order valence-corrected chi connectivity index (χ2v) is 6.82. The summed E-state index contributed by atoms with van der Waals surface area (Å²) in [6.07, 6.45) is 3.82. The van der Waals surface area contributed by atoms with Gasteiger partial charge in [0.2, 0.25) is 0 Å². The molecule has 1 aromatic rings. The van der Waals surface area contributed by atoms with Gasteiger partial charge in [-0.05, 0) is 50.4 Å². The molecule has 0 spiro atoms. The zero-order valence-corrected chi connectivity index (χ0v) is 15.3. The number of nitrogens with one attached hydrogen (secondary N) is 1. The maximum atomic E-state index is 4.44.